The molecule has 0 saturated heterocycles. The van der Waals surface area contributed by atoms with E-state index in [9.17, 15) is 26.4 Å². The summed E-state index contributed by atoms with van der Waals surface area (Å²) in [5.41, 5.74) is -0.388. The SMILES string of the molecule is Cc1cc(-c2cc(C(F)(F)F)n3ncc(OC(=O)Nc4cccc(S(=O)(=O)NC5CC5)c4)c3n2)ccc1Cl. The van der Waals surface area contributed by atoms with Gasteiger partial charge in [0.2, 0.25) is 10.0 Å². The number of nitrogens with zero attached hydrogens (tertiary/aromatic N) is 3. The number of amides is 1. The van der Waals surface area contributed by atoms with E-state index in [2.05, 4.69) is 20.1 Å². The maximum absolute atomic E-state index is 13.8. The Labute approximate surface area is 219 Å². The van der Waals surface area contributed by atoms with Gasteiger partial charge in [0.25, 0.3) is 0 Å². The summed E-state index contributed by atoms with van der Waals surface area (Å²) in [7, 11) is -3.77. The largest absolute Gasteiger partial charge is 0.433 e. The molecule has 1 aliphatic rings. The molecule has 2 aromatic carbocycles. The van der Waals surface area contributed by atoms with Crippen LogP contribution in [0.15, 0.2) is 59.6 Å². The molecule has 14 heteroatoms. The van der Waals surface area contributed by atoms with Crippen LogP contribution in [0.25, 0.3) is 16.9 Å². The number of carbonyl (C=O) groups excluding carboxylic acids is 1. The van der Waals surface area contributed by atoms with Crippen molar-refractivity contribution in [3.05, 3.63) is 71.0 Å². The number of aryl methyl sites for hydroxylation is 1. The molecule has 1 saturated carbocycles. The average molecular weight is 566 g/mol. The van der Waals surface area contributed by atoms with Gasteiger partial charge < -0.3 is 4.74 Å². The maximum Gasteiger partial charge on any atom is 0.433 e. The van der Waals surface area contributed by atoms with E-state index in [1.807, 2.05) is 0 Å². The van der Waals surface area contributed by atoms with Crippen molar-refractivity contribution in [3.8, 4) is 17.0 Å². The number of fused-ring (bicyclic) bond motifs is 1. The number of anilines is 1. The number of hydrogen-bond donors (Lipinski definition) is 2. The average Bonchev–Trinajstić information content (AvgIpc) is 3.57. The first-order valence-corrected chi connectivity index (χ1v) is 13.1. The summed E-state index contributed by atoms with van der Waals surface area (Å²) in [4.78, 5) is 16.8. The fourth-order valence-corrected chi connectivity index (χ4v) is 5.11. The number of alkyl halides is 3. The Morgan fingerprint density at radius 3 is 2.61 bits per heavy atom. The zero-order chi connectivity index (χ0) is 27.2. The maximum atomic E-state index is 13.8. The van der Waals surface area contributed by atoms with E-state index in [-0.39, 0.29) is 33.7 Å². The van der Waals surface area contributed by atoms with Crippen LogP contribution in [-0.4, -0.2) is 35.2 Å². The van der Waals surface area contributed by atoms with Crippen molar-refractivity contribution in [2.24, 2.45) is 0 Å². The predicted octanol–water partition coefficient (Wildman–Crippen LogP) is 5.43. The third-order valence-corrected chi connectivity index (χ3v) is 7.62. The highest BCUT2D eigenvalue weighted by Crippen LogP contribution is 2.35. The summed E-state index contributed by atoms with van der Waals surface area (Å²) in [5.74, 6) is -0.334. The molecule has 5 rings (SSSR count). The summed E-state index contributed by atoms with van der Waals surface area (Å²) in [6, 6.07) is 10.9. The van der Waals surface area contributed by atoms with Crippen molar-refractivity contribution in [1.29, 1.82) is 0 Å². The summed E-state index contributed by atoms with van der Waals surface area (Å²) in [6.07, 6.45) is -3.41. The number of hydrogen-bond acceptors (Lipinski definition) is 6. The zero-order valence-electron chi connectivity index (χ0n) is 19.6. The molecule has 0 unspecified atom stereocenters. The third-order valence-electron chi connectivity index (χ3n) is 5.68. The molecule has 38 heavy (non-hydrogen) atoms. The molecule has 0 aliphatic heterocycles. The highest BCUT2D eigenvalue weighted by atomic mass is 35.5. The lowest BCUT2D eigenvalue weighted by Gasteiger charge is -2.12. The molecule has 1 fully saturated rings. The van der Waals surface area contributed by atoms with Crippen LogP contribution < -0.4 is 14.8 Å². The molecule has 2 aromatic heterocycles. The zero-order valence-corrected chi connectivity index (χ0v) is 21.2. The van der Waals surface area contributed by atoms with E-state index in [0.717, 1.165) is 25.1 Å². The van der Waals surface area contributed by atoms with Gasteiger partial charge >= 0.3 is 12.3 Å². The molecule has 0 atom stereocenters. The summed E-state index contributed by atoms with van der Waals surface area (Å²) >= 11 is 6.04. The van der Waals surface area contributed by atoms with Crippen LogP contribution in [0.4, 0.5) is 23.7 Å². The van der Waals surface area contributed by atoms with Gasteiger partial charge in [-0.3, -0.25) is 5.32 Å². The highest BCUT2D eigenvalue weighted by Gasteiger charge is 2.36. The van der Waals surface area contributed by atoms with Crippen LogP contribution in [0.1, 0.15) is 24.1 Å². The number of rotatable bonds is 6. The summed E-state index contributed by atoms with van der Waals surface area (Å²) in [6.45, 7) is 1.70. The molecule has 9 nitrogen and oxygen atoms in total. The minimum absolute atomic E-state index is 0.0311. The standard InChI is InChI=1S/C24H19ClF3N5O4S/c1-13-9-14(5-8-18(13)25)19-11-21(24(26,27)28)33-22(31-19)20(12-29-33)37-23(34)30-16-3-2-4-17(10-16)38(35,36)32-15-6-7-15/h2-5,8-12,15,32H,6-7H2,1H3,(H,30,34). The monoisotopic (exact) mass is 565 g/mol. The van der Waals surface area contributed by atoms with E-state index < -0.39 is 28.0 Å². The number of sulfonamides is 1. The van der Waals surface area contributed by atoms with Crippen molar-refractivity contribution >= 4 is 39.1 Å². The number of benzene rings is 2. The first-order valence-electron chi connectivity index (χ1n) is 11.2. The lowest BCUT2D eigenvalue weighted by atomic mass is 10.1. The van der Waals surface area contributed by atoms with Gasteiger partial charge in [-0.25, -0.2) is 27.4 Å². The van der Waals surface area contributed by atoms with E-state index in [4.69, 9.17) is 16.3 Å². The van der Waals surface area contributed by atoms with Crippen LogP contribution in [0.3, 0.4) is 0 Å². The highest BCUT2D eigenvalue weighted by molar-refractivity contribution is 7.89. The van der Waals surface area contributed by atoms with Crippen molar-refractivity contribution in [1.82, 2.24) is 19.3 Å². The molecule has 0 spiro atoms. The molecule has 0 bridgehead atoms. The Balaban J connectivity index is 1.44. The van der Waals surface area contributed by atoms with Crippen LogP contribution >= 0.6 is 11.6 Å². The van der Waals surface area contributed by atoms with Gasteiger partial charge in [-0.2, -0.15) is 18.3 Å². The number of nitrogens with one attached hydrogen (secondary N) is 2. The predicted molar refractivity (Wildman–Crippen MR) is 133 cm³/mol. The topological polar surface area (TPSA) is 115 Å². The molecule has 4 aromatic rings. The molecule has 1 aliphatic carbocycles. The van der Waals surface area contributed by atoms with Crippen molar-refractivity contribution in [3.63, 3.8) is 0 Å². The molecule has 1 amide bonds. The fourth-order valence-electron chi connectivity index (χ4n) is 3.64. The Bertz CT molecular complexity index is 1670. The lowest BCUT2D eigenvalue weighted by Crippen LogP contribution is -2.26. The van der Waals surface area contributed by atoms with Crippen molar-refractivity contribution in [2.75, 3.05) is 5.32 Å². The van der Waals surface area contributed by atoms with Gasteiger partial charge in [0.1, 0.15) is 0 Å². The van der Waals surface area contributed by atoms with E-state index in [0.29, 0.717) is 20.7 Å². The second kappa shape index (κ2) is 9.57. The van der Waals surface area contributed by atoms with Gasteiger partial charge in [-0.15, -0.1) is 0 Å². The number of ether oxygens (including phenoxy) is 1. The quantitative estimate of drug-likeness (QED) is 0.322. The van der Waals surface area contributed by atoms with E-state index in [1.165, 1.54) is 30.3 Å². The van der Waals surface area contributed by atoms with Gasteiger partial charge in [0.05, 0.1) is 16.8 Å². The van der Waals surface area contributed by atoms with Crippen LogP contribution in [0.5, 0.6) is 5.75 Å². The Morgan fingerprint density at radius 1 is 1.16 bits per heavy atom. The van der Waals surface area contributed by atoms with Crippen LogP contribution in [-0.2, 0) is 16.2 Å². The normalized spacial score (nSPS) is 14.0. The molecular formula is C24H19ClF3N5O4S. The molecule has 0 radical (unpaired) electrons. The first-order chi connectivity index (χ1) is 17.9. The van der Waals surface area contributed by atoms with Gasteiger partial charge in [-0.05, 0) is 61.7 Å². The molecular weight excluding hydrogens is 547 g/mol. The van der Waals surface area contributed by atoms with Gasteiger partial charge in [0.15, 0.2) is 17.1 Å². The van der Waals surface area contributed by atoms with Crippen LogP contribution in [0, 0.1) is 6.92 Å². The Kier molecular flexibility index (Phi) is 6.53. The van der Waals surface area contributed by atoms with E-state index in [1.54, 1.807) is 19.1 Å². The minimum Gasteiger partial charge on any atom is -0.404 e. The third kappa shape index (κ3) is 5.44. The summed E-state index contributed by atoms with van der Waals surface area (Å²) < 4.78 is 74.7. The fraction of sp³-hybridized carbons (Fsp3) is 0.208. The van der Waals surface area contributed by atoms with Crippen molar-refractivity contribution in [2.45, 2.75) is 36.9 Å². The van der Waals surface area contributed by atoms with Crippen LogP contribution in [0.2, 0.25) is 5.02 Å². The second-order valence-corrected chi connectivity index (χ2v) is 10.8. The molecule has 2 N–H and O–H groups in total. The van der Waals surface area contributed by atoms with Crippen molar-refractivity contribution < 1.29 is 31.1 Å². The van der Waals surface area contributed by atoms with Gasteiger partial charge in [0, 0.05) is 22.3 Å². The Morgan fingerprint density at radius 2 is 1.92 bits per heavy atom. The van der Waals surface area contributed by atoms with E-state index >= 15 is 0 Å². The smallest absolute Gasteiger partial charge is 0.404 e. The molecule has 2 heterocycles. The second-order valence-electron chi connectivity index (χ2n) is 8.67. The van der Waals surface area contributed by atoms with Gasteiger partial charge in [-0.1, -0.05) is 23.7 Å². The lowest BCUT2D eigenvalue weighted by molar-refractivity contribution is -0.142. The molecule has 198 valence electrons. The Hall–Kier alpha value is -3.68. The number of carbonyl (C=O) groups is 1. The first kappa shape index (κ1) is 25.9. The number of halogens is 4. The minimum atomic E-state index is -4.79. The number of aromatic nitrogens is 3. The summed E-state index contributed by atoms with van der Waals surface area (Å²) in [5, 5.41) is 6.53.